The number of amides is 2. The first kappa shape index (κ1) is 29.4. The summed E-state index contributed by atoms with van der Waals surface area (Å²) in [5.74, 6) is 0.727. The molecule has 0 atom stereocenters. The maximum absolute atomic E-state index is 13.1. The molecule has 2 saturated carbocycles. The molecular formula is C35H50N2O2. The van der Waals surface area contributed by atoms with E-state index in [1.807, 2.05) is 0 Å². The molecule has 0 aromatic heterocycles. The van der Waals surface area contributed by atoms with E-state index in [-0.39, 0.29) is 23.7 Å². The highest BCUT2D eigenvalue weighted by atomic mass is 16.2. The van der Waals surface area contributed by atoms with Gasteiger partial charge in [-0.3, -0.25) is 9.59 Å². The predicted molar refractivity (Wildman–Crippen MR) is 164 cm³/mol. The van der Waals surface area contributed by atoms with Crippen molar-refractivity contribution in [2.75, 3.05) is 10.6 Å². The Labute approximate surface area is 236 Å². The molecule has 4 rings (SSSR count). The second-order valence-electron chi connectivity index (χ2n) is 11.8. The van der Waals surface area contributed by atoms with Crippen molar-refractivity contribution in [3.63, 3.8) is 0 Å². The molecule has 0 aliphatic heterocycles. The van der Waals surface area contributed by atoms with Crippen LogP contribution in [0.3, 0.4) is 0 Å². The van der Waals surface area contributed by atoms with Gasteiger partial charge in [-0.25, -0.2) is 0 Å². The summed E-state index contributed by atoms with van der Waals surface area (Å²) in [5.41, 5.74) is 9.61. The summed E-state index contributed by atoms with van der Waals surface area (Å²) in [6.07, 6.45) is 15.7. The third-order valence-corrected chi connectivity index (χ3v) is 9.10. The molecular weight excluding hydrogens is 480 g/mol. The second-order valence-corrected chi connectivity index (χ2v) is 11.8. The zero-order valence-electron chi connectivity index (χ0n) is 24.9. The topological polar surface area (TPSA) is 58.2 Å². The monoisotopic (exact) mass is 530 g/mol. The van der Waals surface area contributed by atoms with Crippen LogP contribution in [0, 0.1) is 11.8 Å². The molecule has 0 saturated heterocycles. The van der Waals surface area contributed by atoms with Crippen molar-refractivity contribution in [3.8, 4) is 0 Å². The van der Waals surface area contributed by atoms with Gasteiger partial charge in [-0.05, 0) is 91.2 Å². The molecule has 2 fully saturated rings. The molecule has 2 N–H and O–H groups in total. The normalized spacial score (nSPS) is 16.7. The van der Waals surface area contributed by atoms with Crippen molar-refractivity contribution in [2.24, 2.45) is 11.8 Å². The number of aryl methyl sites for hydroxylation is 4. The molecule has 0 bridgehead atoms. The lowest BCUT2D eigenvalue weighted by Crippen LogP contribution is -2.26. The van der Waals surface area contributed by atoms with E-state index in [1.165, 1.54) is 71.9 Å². The van der Waals surface area contributed by atoms with E-state index in [9.17, 15) is 9.59 Å². The minimum atomic E-state index is 0.157. The quantitative estimate of drug-likeness (QED) is 0.323. The molecule has 4 heteroatoms. The summed E-state index contributed by atoms with van der Waals surface area (Å²) in [4.78, 5) is 26.2. The highest BCUT2D eigenvalue weighted by Crippen LogP contribution is 2.32. The maximum atomic E-state index is 13.1. The van der Waals surface area contributed by atoms with Gasteiger partial charge in [-0.15, -0.1) is 0 Å². The van der Waals surface area contributed by atoms with Crippen LogP contribution in [0.5, 0.6) is 0 Å². The first-order valence-corrected chi connectivity index (χ1v) is 15.9. The molecule has 2 amide bonds. The van der Waals surface area contributed by atoms with Crippen LogP contribution >= 0.6 is 0 Å². The van der Waals surface area contributed by atoms with Crippen molar-refractivity contribution in [3.05, 3.63) is 57.6 Å². The Morgan fingerprint density at radius 3 is 1.15 bits per heavy atom. The number of hydrogen-bond donors (Lipinski definition) is 2. The van der Waals surface area contributed by atoms with Crippen molar-refractivity contribution in [2.45, 2.75) is 124 Å². The lowest BCUT2D eigenvalue weighted by Gasteiger charge is -2.24. The molecule has 2 aliphatic rings. The summed E-state index contributed by atoms with van der Waals surface area (Å²) in [6.45, 7) is 8.73. The van der Waals surface area contributed by atoms with E-state index in [1.54, 1.807) is 0 Å². The smallest absolute Gasteiger partial charge is 0.227 e. The number of anilines is 2. The van der Waals surface area contributed by atoms with Gasteiger partial charge in [0.1, 0.15) is 0 Å². The SMILES string of the molecule is CCc1cc(Cc2cc(CC)c(NC(=O)C3CCCCC3)c(CC)c2)cc(CC)c1NC(=O)C1CCCCC1. The van der Waals surface area contributed by atoms with E-state index >= 15 is 0 Å². The van der Waals surface area contributed by atoms with Gasteiger partial charge in [0.15, 0.2) is 0 Å². The first-order chi connectivity index (χ1) is 19.0. The Hall–Kier alpha value is -2.62. The highest BCUT2D eigenvalue weighted by molar-refractivity contribution is 5.95. The molecule has 0 heterocycles. The van der Waals surface area contributed by atoms with Crippen LogP contribution in [0.4, 0.5) is 11.4 Å². The molecule has 2 aromatic carbocycles. The Morgan fingerprint density at radius 1 is 0.564 bits per heavy atom. The van der Waals surface area contributed by atoms with E-state index in [0.717, 1.165) is 69.2 Å². The third kappa shape index (κ3) is 7.32. The first-order valence-electron chi connectivity index (χ1n) is 15.9. The van der Waals surface area contributed by atoms with Crippen LogP contribution in [0.15, 0.2) is 24.3 Å². The molecule has 0 spiro atoms. The van der Waals surface area contributed by atoms with E-state index in [2.05, 4.69) is 62.6 Å². The van der Waals surface area contributed by atoms with Crippen LogP contribution in [0.2, 0.25) is 0 Å². The Kier molecular flexibility index (Phi) is 10.6. The van der Waals surface area contributed by atoms with Crippen molar-refractivity contribution < 1.29 is 9.59 Å². The van der Waals surface area contributed by atoms with Gasteiger partial charge >= 0.3 is 0 Å². The number of benzene rings is 2. The Morgan fingerprint density at radius 2 is 0.872 bits per heavy atom. The molecule has 2 aromatic rings. The summed E-state index contributed by atoms with van der Waals surface area (Å²) in [6, 6.07) is 9.19. The average molecular weight is 531 g/mol. The summed E-state index contributed by atoms with van der Waals surface area (Å²) >= 11 is 0. The minimum absolute atomic E-state index is 0.157. The minimum Gasteiger partial charge on any atom is -0.325 e. The number of rotatable bonds is 10. The molecule has 0 radical (unpaired) electrons. The fourth-order valence-corrected chi connectivity index (χ4v) is 6.74. The van der Waals surface area contributed by atoms with Crippen molar-refractivity contribution in [1.82, 2.24) is 0 Å². The number of carbonyl (C=O) groups excluding carboxylic acids is 2. The standard InChI is InChI=1S/C35H50N2O2/c1-5-26-20-24(21-27(6-2)32(26)36-34(38)30-15-11-9-12-16-30)19-25-22-28(7-3)33(29(8-4)23-25)37-35(39)31-17-13-10-14-18-31/h20-23,30-31H,5-19H2,1-4H3,(H,36,38)(H,37,39). The van der Waals surface area contributed by atoms with Gasteiger partial charge in [0.2, 0.25) is 11.8 Å². The third-order valence-electron chi connectivity index (χ3n) is 9.10. The van der Waals surface area contributed by atoms with Gasteiger partial charge in [-0.1, -0.05) is 90.5 Å². The van der Waals surface area contributed by atoms with E-state index < -0.39 is 0 Å². The highest BCUT2D eigenvalue weighted by Gasteiger charge is 2.24. The van der Waals surface area contributed by atoms with E-state index in [4.69, 9.17) is 0 Å². The van der Waals surface area contributed by atoms with Crippen LogP contribution in [-0.4, -0.2) is 11.8 Å². The molecule has 4 nitrogen and oxygen atoms in total. The fourth-order valence-electron chi connectivity index (χ4n) is 6.74. The van der Waals surface area contributed by atoms with Crippen molar-refractivity contribution >= 4 is 23.2 Å². The number of nitrogens with one attached hydrogen (secondary N) is 2. The van der Waals surface area contributed by atoms with Gasteiger partial charge in [0, 0.05) is 23.2 Å². The summed E-state index contributed by atoms with van der Waals surface area (Å²) in [7, 11) is 0. The predicted octanol–water partition coefficient (Wildman–Crippen LogP) is 8.56. The van der Waals surface area contributed by atoms with Gasteiger partial charge in [0.25, 0.3) is 0 Å². The second kappa shape index (κ2) is 14.1. The van der Waals surface area contributed by atoms with Gasteiger partial charge in [-0.2, -0.15) is 0 Å². The van der Waals surface area contributed by atoms with Gasteiger partial charge in [0.05, 0.1) is 0 Å². The van der Waals surface area contributed by atoms with Crippen LogP contribution in [0.1, 0.15) is 125 Å². The van der Waals surface area contributed by atoms with Gasteiger partial charge < -0.3 is 10.6 Å². The fraction of sp³-hybridized carbons (Fsp3) is 0.600. The summed E-state index contributed by atoms with van der Waals surface area (Å²) in [5, 5.41) is 6.70. The average Bonchev–Trinajstić information content (AvgIpc) is 2.98. The van der Waals surface area contributed by atoms with Crippen molar-refractivity contribution in [1.29, 1.82) is 0 Å². The molecule has 39 heavy (non-hydrogen) atoms. The zero-order chi connectivity index (χ0) is 27.8. The van der Waals surface area contributed by atoms with E-state index in [0.29, 0.717) is 0 Å². The summed E-state index contributed by atoms with van der Waals surface area (Å²) < 4.78 is 0. The lowest BCUT2D eigenvalue weighted by atomic mass is 9.88. The van der Waals surface area contributed by atoms with Crippen LogP contribution in [0.25, 0.3) is 0 Å². The Balaban J connectivity index is 1.56. The zero-order valence-corrected chi connectivity index (χ0v) is 24.9. The number of hydrogen-bond acceptors (Lipinski definition) is 2. The molecule has 2 aliphatic carbocycles. The largest absolute Gasteiger partial charge is 0.325 e. The van der Waals surface area contributed by atoms with Crippen LogP contribution < -0.4 is 10.6 Å². The lowest BCUT2D eigenvalue weighted by molar-refractivity contribution is -0.121. The molecule has 212 valence electrons. The molecule has 0 unspecified atom stereocenters. The number of carbonyl (C=O) groups is 2. The van der Waals surface area contributed by atoms with Crippen LogP contribution in [-0.2, 0) is 41.7 Å². The maximum Gasteiger partial charge on any atom is 0.227 e. The Bertz CT molecular complexity index is 1000.